The summed E-state index contributed by atoms with van der Waals surface area (Å²) in [7, 11) is 0. The molecule has 0 unspecified atom stereocenters. The van der Waals surface area contributed by atoms with Crippen LogP contribution in [0.15, 0.2) is 60.8 Å². The van der Waals surface area contributed by atoms with Crippen LogP contribution in [0.25, 0.3) is 10.9 Å². The van der Waals surface area contributed by atoms with Crippen LogP contribution in [0.4, 0.5) is 8.78 Å². The van der Waals surface area contributed by atoms with Gasteiger partial charge in [0.15, 0.2) is 0 Å². The molecule has 1 aromatic heterocycles. The maximum Gasteiger partial charge on any atom is 0.387 e. The van der Waals surface area contributed by atoms with Gasteiger partial charge >= 0.3 is 6.61 Å². The molecule has 1 saturated heterocycles. The Morgan fingerprint density at radius 2 is 1.76 bits per heavy atom. The highest BCUT2D eigenvalue weighted by molar-refractivity contribution is 5.97. The Balaban J connectivity index is 1.41. The Labute approximate surface area is 167 Å². The lowest BCUT2D eigenvalue weighted by Crippen LogP contribution is -2.48. The van der Waals surface area contributed by atoms with E-state index in [0.717, 1.165) is 23.0 Å². The molecule has 0 aliphatic carbocycles. The molecule has 0 bridgehead atoms. The molecule has 1 aliphatic heterocycles. The molecular formula is C22H21F2N3O2. The van der Waals surface area contributed by atoms with Crippen LogP contribution in [-0.4, -0.2) is 53.5 Å². The third-order valence-electron chi connectivity index (χ3n) is 5.10. The zero-order valence-corrected chi connectivity index (χ0v) is 15.8. The number of alkyl halides is 2. The SMILES string of the molecule is O=C(c1ccccc1OC(F)F)N1CCN(Cc2cccc3cccnc23)CC1. The number of carbonyl (C=O) groups excluding carboxylic acids is 1. The van der Waals surface area contributed by atoms with Gasteiger partial charge in [-0.3, -0.25) is 14.7 Å². The van der Waals surface area contributed by atoms with Crippen molar-refractivity contribution >= 4 is 16.8 Å². The van der Waals surface area contributed by atoms with Gasteiger partial charge in [-0.25, -0.2) is 0 Å². The number of pyridine rings is 1. The van der Waals surface area contributed by atoms with E-state index in [1.54, 1.807) is 23.2 Å². The number of aromatic nitrogens is 1. The molecule has 1 amide bonds. The fraction of sp³-hybridized carbons (Fsp3) is 0.273. The van der Waals surface area contributed by atoms with Gasteiger partial charge in [0.05, 0.1) is 11.1 Å². The molecule has 150 valence electrons. The molecule has 2 heterocycles. The Hall–Kier alpha value is -3.06. The van der Waals surface area contributed by atoms with Gasteiger partial charge in [0.25, 0.3) is 5.91 Å². The number of amides is 1. The van der Waals surface area contributed by atoms with Crippen LogP contribution in [-0.2, 0) is 6.54 Å². The van der Waals surface area contributed by atoms with E-state index in [1.807, 2.05) is 24.3 Å². The number of para-hydroxylation sites is 2. The molecule has 0 saturated carbocycles. The number of fused-ring (bicyclic) bond motifs is 1. The minimum absolute atomic E-state index is 0.0863. The first-order valence-electron chi connectivity index (χ1n) is 9.50. The number of rotatable bonds is 5. The van der Waals surface area contributed by atoms with Crippen LogP contribution in [0.3, 0.4) is 0 Å². The second kappa shape index (κ2) is 8.53. The first-order valence-corrected chi connectivity index (χ1v) is 9.50. The first-order chi connectivity index (χ1) is 14.1. The smallest absolute Gasteiger partial charge is 0.387 e. The number of carbonyl (C=O) groups is 1. The molecule has 0 N–H and O–H groups in total. The number of hydrogen-bond donors (Lipinski definition) is 0. The van der Waals surface area contributed by atoms with Gasteiger partial charge in [-0.15, -0.1) is 0 Å². The highest BCUT2D eigenvalue weighted by Gasteiger charge is 2.25. The van der Waals surface area contributed by atoms with E-state index in [2.05, 4.69) is 20.7 Å². The van der Waals surface area contributed by atoms with Gasteiger partial charge in [0.1, 0.15) is 5.75 Å². The minimum atomic E-state index is -2.96. The van der Waals surface area contributed by atoms with Crippen LogP contribution in [0, 0.1) is 0 Å². The maximum absolute atomic E-state index is 12.8. The fourth-order valence-electron chi connectivity index (χ4n) is 3.66. The molecule has 0 spiro atoms. The second-order valence-corrected chi connectivity index (χ2v) is 6.94. The molecule has 29 heavy (non-hydrogen) atoms. The third kappa shape index (κ3) is 4.35. The van der Waals surface area contributed by atoms with Crippen molar-refractivity contribution in [3.05, 3.63) is 71.9 Å². The van der Waals surface area contributed by atoms with Crippen LogP contribution in [0.5, 0.6) is 5.75 Å². The summed E-state index contributed by atoms with van der Waals surface area (Å²) in [6.45, 7) is 0.247. The lowest BCUT2D eigenvalue weighted by molar-refractivity contribution is -0.0503. The van der Waals surface area contributed by atoms with Crippen molar-refractivity contribution in [3.63, 3.8) is 0 Å². The van der Waals surface area contributed by atoms with Crippen LogP contribution < -0.4 is 4.74 Å². The summed E-state index contributed by atoms with van der Waals surface area (Å²) >= 11 is 0. The Morgan fingerprint density at radius 3 is 2.55 bits per heavy atom. The largest absolute Gasteiger partial charge is 0.434 e. The standard InChI is InChI=1S/C22H21F2N3O2/c23-22(24)29-19-9-2-1-8-18(19)21(28)27-13-11-26(12-14-27)15-17-6-3-5-16-7-4-10-25-20(16)17/h1-10,22H,11-15H2. The van der Waals surface area contributed by atoms with Crippen molar-refractivity contribution in [1.82, 2.24) is 14.8 Å². The Morgan fingerprint density at radius 1 is 1.00 bits per heavy atom. The monoisotopic (exact) mass is 397 g/mol. The van der Waals surface area contributed by atoms with Crippen molar-refractivity contribution in [3.8, 4) is 5.75 Å². The van der Waals surface area contributed by atoms with Crippen LogP contribution >= 0.6 is 0 Å². The molecule has 0 radical (unpaired) electrons. The number of hydrogen-bond acceptors (Lipinski definition) is 4. The Bertz CT molecular complexity index is 999. The summed E-state index contributed by atoms with van der Waals surface area (Å²) in [4.78, 5) is 21.3. The molecule has 1 aliphatic rings. The van der Waals surface area contributed by atoms with E-state index in [9.17, 15) is 13.6 Å². The zero-order chi connectivity index (χ0) is 20.2. The summed E-state index contributed by atoms with van der Waals surface area (Å²) in [5.41, 5.74) is 2.31. The fourth-order valence-corrected chi connectivity index (χ4v) is 3.66. The summed E-state index contributed by atoms with van der Waals surface area (Å²) in [5.74, 6) is -0.371. The van der Waals surface area contributed by atoms with Gasteiger partial charge in [0.2, 0.25) is 0 Å². The minimum Gasteiger partial charge on any atom is -0.434 e. The van der Waals surface area contributed by atoms with E-state index >= 15 is 0 Å². The summed E-state index contributed by atoms with van der Waals surface area (Å²) in [5, 5.41) is 1.11. The summed E-state index contributed by atoms with van der Waals surface area (Å²) in [6.07, 6.45) is 1.79. The number of piperazine rings is 1. The average molecular weight is 397 g/mol. The van der Waals surface area contributed by atoms with Crippen LogP contribution in [0.2, 0.25) is 0 Å². The lowest BCUT2D eigenvalue weighted by atomic mass is 10.1. The van der Waals surface area contributed by atoms with Gasteiger partial charge in [-0.1, -0.05) is 36.4 Å². The predicted molar refractivity (Wildman–Crippen MR) is 106 cm³/mol. The lowest BCUT2D eigenvalue weighted by Gasteiger charge is -2.35. The summed E-state index contributed by atoms with van der Waals surface area (Å²) in [6, 6.07) is 16.2. The molecular weight excluding hydrogens is 376 g/mol. The van der Waals surface area contributed by atoms with Crippen molar-refractivity contribution in [2.24, 2.45) is 0 Å². The van der Waals surface area contributed by atoms with E-state index in [0.29, 0.717) is 26.2 Å². The topological polar surface area (TPSA) is 45.7 Å². The number of ether oxygens (including phenoxy) is 1. The van der Waals surface area contributed by atoms with Gasteiger partial charge < -0.3 is 9.64 Å². The molecule has 5 nitrogen and oxygen atoms in total. The second-order valence-electron chi connectivity index (χ2n) is 6.94. The average Bonchev–Trinajstić information content (AvgIpc) is 2.74. The van der Waals surface area contributed by atoms with Gasteiger partial charge in [-0.2, -0.15) is 8.78 Å². The Kier molecular flexibility index (Phi) is 5.67. The molecule has 2 aromatic carbocycles. The van der Waals surface area contributed by atoms with E-state index in [4.69, 9.17) is 0 Å². The van der Waals surface area contributed by atoms with E-state index in [-0.39, 0.29) is 17.2 Å². The maximum atomic E-state index is 12.8. The van der Waals surface area contributed by atoms with E-state index < -0.39 is 6.61 Å². The van der Waals surface area contributed by atoms with Gasteiger partial charge in [0, 0.05) is 44.3 Å². The van der Waals surface area contributed by atoms with Crippen LogP contribution in [0.1, 0.15) is 15.9 Å². The normalized spacial score (nSPS) is 15.1. The number of halogens is 2. The predicted octanol–water partition coefficient (Wildman–Crippen LogP) is 3.79. The quantitative estimate of drug-likeness (QED) is 0.657. The van der Waals surface area contributed by atoms with E-state index in [1.165, 1.54) is 12.1 Å². The first kappa shape index (κ1) is 19.3. The van der Waals surface area contributed by atoms with Crippen molar-refractivity contribution in [2.45, 2.75) is 13.2 Å². The highest BCUT2D eigenvalue weighted by Crippen LogP contribution is 2.23. The van der Waals surface area contributed by atoms with Crippen molar-refractivity contribution < 1.29 is 18.3 Å². The van der Waals surface area contributed by atoms with Gasteiger partial charge in [-0.05, 0) is 23.8 Å². The highest BCUT2D eigenvalue weighted by atomic mass is 19.3. The number of benzene rings is 2. The zero-order valence-electron chi connectivity index (χ0n) is 15.8. The molecule has 0 atom stereocenters. The molecule has 4 rings (SSSR count). The molecule has 3 aromatic rings. The molecule has 1 fully saturated rings. The van der Waals surface area contributed by atoms with Crippen molar-refractivity contribution in [1.29, 1.82) is 0 Å². The third-order valence-corrected chi connectivity index (χ3v) is 5.10. The summed E-state index contributed by atoms with van der Waals surface area (Å²) < 4.78 is 29.7. The molecule has 7 heteroatoms. The van der Waals surface area contributed by atoms with Crippen molar-refractivity contribution in [2.75, 3.05) is 26.2 Å². The number of nitrogens with zero attached hydrogens (tertiary/aromatic N) is 3.